The van der Waals surface area contributed by atoms with Crippen LogP contribution in [0.25, 0.3) is 0 Å². The molecule has 1 fully saturated rings. The van der Waals surface area contributed by atoms with Gasteiger partial charge in [-0.15, -0.1) is 6.58 Å². The summed E-state index contributed by atoms with van der Waals surface area (Å²) in [6.07, 6.45) is 1.94. The maximum Gasteiger partial charge on any atom is 0.192 e. The van der Waals surface area contributed by atoms with Crippen molar-refractivity contribution in [2.45, 2.75) is 102 Å². The van der Waals surface area contributed by atoms with Crippen LogP contribution in [0, 0.1) is 0 Å². The summed E-state index contributed by atoms with van der Waals surface area (Å²) < 4.78 is 30.0. The van der Waals surface area contributed by atoms with E-state index < -0.39 is 26.5 Å². The smallest absolute Gasteiger partial charge is 0.192 e. The molecule has 1 aliphatic heterocycles. The normalized spacial score (nSPS) is 25.6. The monoisotopic (exact) mass is 480 g/mol. The summed E-state index contributed by atoms with van der Waals surface area (Å²) in [7, 11) is -0.384. The van der Waals surface area contributed by atoms with Crippen LogP contribution in [0.1, 0.15) is 65.7 Å². The van der Waals surface area contributed by atoms with Gasteiger partial charge in [0.2, 0.25) is 0 Å². The Bertz CT molecular complexity index is 744. The number of hydrogen-bond acceptors (Lipinski definition) is 6. The first-order chi connectivity index (χ1) is 15.3. The molecule has 33 heavy (non-hydrogen) atoms. The quantitative estimate of drug-likeness (QED) is 0.226. The van der Waals surface area contributed by atoms with E-state index in [4.69, 9.17) is 23.4 Å². The van der Waals surface area contributed by atoms with Gasteiger partial charge in [0.25, 0.3) is 0 Å². The highest BCUT2D eigenvalue weighted by atomic mass is 28.4. The standard InChI is InChI=1S/C26H44O6Si/c1-10-22-26(6,31-24(30-22)19-12-14-20(28-7)15-13-19)17-16-21(18-23(27)29-11-2)32-33(8,9)25(3,4)5/h10,12-15,21-24,27H,1,11,16-18H2,2-9H3/t21?,22-,23?,24?,26+/m0/s1. The van der Waals surface area contributed by atoms with Crippen molar-refractivity contribution in [2.24, 2.45) is 0 Å². The lowest BCUT2D eigenvalue weighted by Gasteiger charge is -2.40. The first-order valence-corrected chi connectivity index (χ1v) is 14.8. The predicted octanol–water partition coefficient (Wildman–Crippen LogP) is 5.97. The Morgan fingerprint density at radius 2 is 1.88 bits per heavy atom. The van der Waals surface area contributed by atoms with Gasteiger partial charge in [0.1, 0.15) is 11.9 Å². The SMILES string of the molecule is C=C[C@@H]1OC(c2ccc(OC)cc2)O[C@]1(C)CCC(CC(O)OCC)O[Si](C)(C)C(C)(C)C. The third kappa shape index (κ3) is 7.38. The molecule has 2 rings (SSSR count). The minimum atomic E-state index is -2.03. The molecule has 0 spiro atoms. The molecule has 188 valence electrons. The van der Waals surface area contributed by atoms with Crippen LogP contribution >= 0.6 is 0 Å². The molecule has 0 radical (unpaired) electrons. The van der Waals surface area contributed by atoms with Gasteiger partial charge in [-0.3, -0.25) is 0 Å². The topological polar surface area (TPSA) is 66.4 Å². The lowest BCUT2D eigenvalue weighted by molar-refractivity contribution is -0.118. The molecule has 0 aromatic heterocycles. The van der Waals surface area contributed by atoms with E-state index in [9.17, 15) is 5.11 Å². The molecule has 3 unspecified atom stereocenters. The summed E-state index contributed by atoms with van der Waals surface area (Å²) in [5.74, 6) is 0.790. The molecule has 0 bridgehead atoms. The van der Waals surface area contributed by atoms with E-state index in [2.05, 4.69) is 47.4 Å². The highest BCUT2D eigenvalue weighted by molar-refractivity contribution is 6.74. The fraction of sp³-hybridized carbons (Fsp3) is 0.692. The van der Waals surface area contributed by atoms with E-state index in [1.54, 1.807) is 7.11 Å². The van der Waals surface area contributed by atoms with Crippen molar-refractivity contribution in [3.63, 3.8) is 0 Å². The lowest BCUT2D eigenvalue weighted by Crippen LogP contribution is -2.45. The molecule has 1 N–H and O–H groups in total. The average Bonchev–Trinajstić information content (AvgIpc) is 3.08. The summed E-state index contributed by atoms with van der Waals surface area (Å²) in [4.78, 5) is 0. The van der Waals surface area contributed by atoms with Gasteiger partial charge < -0.3 is 28.5 Å². The number of ether oxygens (including phenoxy) is 4. The Hall–Kier alpha value is -1.22. The van der Waals surface area contributed by atoms with E-state index in [1.165, 1.54) is 0 Å². The Kier molecular flexibility index (Phi) is 9.74. The predicted molar refractivity (Wildman–Crippen MR) is 134 cm³/mol. The lowest BCUT2D eigenvalue weighted by atomic mass is 9.91. The van der Waals surface area contributed by atoms with Crippen molar-refractivity contribution < 1.29 is 28.5 Å². The number of rotatable bonds is 12. The van der Waals surface area contributed by atoms with Crippen LogP contribution in [0.4, 0.5) is 0 Å². The van der Waals surface area contributed by atoms with Gasteiger partial charge in [-0.25, -0.2) is 0 Å². The van der Waals surface area contributed by atoms with Gasteiger partial charge in [0.15, 0.2) is 20.9 Å². The van der Waals surface area contributed by atoms with Gasteiger partial charge >= 0.3 is 0 Å². The molecular weight excluding hydrogens is 436 g/mol. The Morgan fingerprint density at radius 1 is 1.24 bits per heavy atom. The second-order valence-electron chi connectivity index (χ2n) is 10.5. The summed E-state index contributed by atoms with van der Waals surface area (Å²) in [5, 5.41) is 10.4. The van der Waals surface area contributed by atoms with Crippen molar-refractivity contribution in [2.75, 3.05) is 13.7 Å². The van der Waals surface area contributed by atoms with Crippen LogP contribution in [-0.4, -0.2) is 51.2 Å². The van der Waals surface area contributed by atoms with Crippen molar-refractivity contribution >= 4 is 8.32 Å². The first-order valence-electron chi connectivity index (χ1n) is 11.9. The minimum absolute atomic E-state index is 0.0712. The third-order valence-corrected chi connectivity index (χ3v) is 11.4. The van der Waals surface area contributed by atoms with Crippen LogP contribution < -0.4 is 4.74 Å². The zero-order valence-corrected chi connectivity index (χ0v) is 22.7. The van der Waals surface area contributed by atoms with Crippen molar-refractivity contribution in [3.05, 3.63) is 42.5 Å². The van der Waals surface area contributed by atoms with E-state index in [1.807, 2.05) is 37.3 Å². The van der Waals surface area contributed by atoms with E-state index in [0.717, 1.165) is 17.7 Å². The minimum Gasteiger partial charge on any atom is -0.497 e. The maximum atomic E-state index is 10.3. The molecule has 1 aliphatic rings. The summed E-state index contributed by atoms with van der Waals surface area (Å²) >= 11 is 0. The number of hydrogen-bond donors (Lipinski definition) is 1. The molecule has 1 saturated heterocycles. The average molecular weight is 481 g/mol. The van der Waals surface area contributed by atoms with Crippen molar-refractivity contribution in [3.8, 4) is 5.75 Å². The van der Waals surface area contributed by atoms with Crippen LogP contribution in [-0.2, 0) is 18.6 Å². The zero-order chi connectivity index (χ0) is 24.9. The van der Waals surface area contributed by atoms with E-state index in [0.29, 0.717) is 19.4 Å². The number of aliphatic hydroxyl groups excluding tert-OH is 1. The van der Waals surface area contributed by atoms with Crippen LogP contribution in [0.3, 0.4) is 0 Å². The van der Waals surface area contributed by atoms with Crippen LogP contribution in [0.15, 0.2) is 36.9 Å². The van der Waals surface area contributed by atoms with Gasteiger partial charge in [-0.2, -0.15) is 0 Å². The van der Waals surface area contributed by atoms with Crippen LogP contribution in [0.2, 0.25) is 18.1 Å². The second kappa shape index (κ2) is 11.5. The Labute approximate surface area is 201 Å². The maximum absolute atomic E-state index is 10.3. The summed E-state index contributed by atoms with van der Waals surface area (Å²) in [5.41, 5.74) is 0.380. The highest BCUT2D eigenvalue weighted by Crippen LogP contribution is 2.43. The van der Waals surface area contributed by atoms with Gasteiger partial charge in [-0.05, 0) is 57.0 Å². The third-order valence-electron chi connectivity index (χ3n) is 6.90. The van der Waals surface area contributed by atoms with Gasteiger partial charge in [0.05, 0.1) is 12.7 Å². The number of benzene rings is 1. The molecule has 5 atom stereocenters. The molecule has 0 amide bonds. The zero-order valence-electron chi connectivity index (χ0n) is 21.7. The van der Waals surface area contributed by atoms with E-state index >= 15 is 0 Å². The van der Waals surface area contributed by atoms with Crippen LogP contribution in [0.5, 0.6) is 5.75 Å². The summed E-state index contributed by atoms with van der Waals surface area (Å²) in [6, 6.07) is 7.71. The molecule has 1 aromatic rings. The van der Waals surface area contributed by atoms with E-state index in [-0.39, 0.29) is 17.2 Å². The first kappa shape index (κ1) is 28.0. The van der Waals surface area contributed by atoms with Crippen molar-refractivity contribution in [1.29, 1.82) is 0 Å². The Balaban J connectivity index is 2.14. The summed E-state index contributed by atoms with van der Waals surface area (Å²) in [6.45, 7) is 19.5. The molecule has 0 saturated carbocycles. The molecule has 0 aliphatic carbocycles. The Morgan fingerprint density at radius 3 is 2.39 bits per heavy atom. The van der Waals surface area contributed by atoms with Gasteiger partial charge in [-0.1, -0.05) is 39.0 Å². The van der Waals surface area contributed by atoms with Crippen molar-refractivity contribution in [1.82, 2.24) is 0 Å². The largest absolute Gasteiger partial charge is 0.497 e. The molecule has 1 aromatic carbocycles. The molecular formula is C26H44O6Si. The second-order valence-corrected chi connectivity index (χ2v) is 15.3. The highest BCUT2D eigenvalue weighted by Gasteiger charge is 2.46. The molecule has 7 heteroatoms. The molecule has 6 nitrogen and oxygen atoms in total. The molecule has 1 heterocycles. The number of methoxy groups -OCH3 is 1. The fourth-order valence-corrected chi connectivity index (χ4v) is 5.18. The fourth-order valence-electron chi connectivity index (χ4n) is 3.78. The number of aliphatic hydroxyl groups is 1. The van der Waals surface area contributed by atoms with Gasteiger partial charge in [0, 0.05) is 24.7 Å².